The number of nitrogens with one attached hydrogen (secondary N) is 1. The van der Waals surface area contributed by atoms with Crippen LogP contribution in [0.4, 0.5) is 0 Å². The SMILES string of the molecule is O=C(NCc1ccc2c(c1)OCO2)c1cc(CN(Cc2ccccc2)C(=O)c2ccccc2)on1. The number of ether oxygens (including phenoxy) is 2. The average Bonchev–Trinajstić information content (AvgIpc) is 3.57. The number of aromatic nitrogens is 1. The maximum absolute atomic E-state index is 13.2. The lowest BCUT2D eigenvalue weighted by atomic mass is 10.1. The van der Waals surface area contributed by atoms with E-state index in [2.05, 4.69) is 10.5 Å². The Labute approximate surface area is 202 Å². The molecule has 1 aliphatic rings. The van der Waals surface area contributed by atoms with Gasteiger partial charge in [-0.15, -0.1) is 0 Å². The van der Waals surface area contributed by atoms with E-state index < -0.39 is 0 Å². The third kappa shape index (κ3) is 5.33. The van der Waals surface area contributed by atoms with Gasteiger partial charge in [0.1, 0.15) is 0 Å². The van der Waals surface area contributed by atoms with Crippen molar-refractivity contribution in [3.8, 4) is 11.5 Å². The van der Waals surface area contributed by atoms with Crippen LogP contribution in [0.25, 0.3) is 0 Å². The van der Waals surface area contributed by atoms with Gasteiger partial charge in [-0.3, -0.25) is 9.59 Å². The van der Waals surface area contributed by atoms with E-state index in [4.69, 9.17) is 14.0 Å². The second-order valence-corrected chi connectivity index (χ2v) is 8.06. The molecule has 0 aliphatic carbocycles. The van der Waals surface area contributed by atoms with Crippen LogP contribution >= 0.6 is 0 Å². The molecule has 0 unspecified atom stereocenters. The first-order chi connectivity index (χ1) is 17.2. The van der Waals surface area contributed by atoms with Crippen LogP contribution < -0.4 is 14.8 Å². The molecule has 2 heterocycles. The summed E-state index contributed by atoms with van der Waals surface area (Å²) in [5.41, 5.74) is 2.57. The summed E-state index contributed by atoms with van der Waals surface area (Å²) in [4.78, 5) is 27.5. The third-order valence-corrected chi connectivity index (χ3v) is 5.55. The smallest absolute Gasteiger partial charge is 0.273 e. The number of amides is 2. The van der Waals surface area contributed by atoms with E-state index in [9.17, 15) is 9.59 Å². The lowest BCUT2D eigenvalue weighted by molar-refractivity contribution is 0.0713. The van der Waals surface area contributed by atoms with Gasteiger partial charge in [0.2, 0.25) is 6.79 Å². The zero-order valence-electron chi connectivity index (χ0n) is 18.8. The number of hydrogen-bond donors (Lipinski definition) is 1. The Morgan fingerprint density at radius 3 is 2.37 bits per heavy atom. The minimum Gasteiger partial charge on any atom is -0.454 e. The fourth-order valence-corrected chi connectivity index (χ4v) is 3.77. The number of hydrogen-bond acceptors (Lipinski definition) is 6. The highest BCUT2D eigenvalue weighted by atomic mass is 16.7. The van der Waals surface area contributed by atoms with Gasteiger partial charge in [-0.1, -0.05) is 59.8 Å². The molecule has 8 nitrogen and oxygen atoms in total. The Kier molecular flexibility index (Phi) is 6.43. The first kappa shape index (κ1) is 22.2. The molecule has 2 amide bonds. The van der Waals surface area contributed by atoms with Gasteiger partial charge in [-0.05, 0) is 35.4 Å². The van der Waals surface area contributed by atoms with Crippen LogP contribution in [0, 0.1) is 0 Å². The highest BCUT2D eigenvalue weighted by Crippen LogP contribution is 2.32. The fraction of sp³-hybridized carbons (Fsp3) is 0.148. The van der Waals surface area contributed by atoms with Crippen molar-refractivity contribution < 1.29 is 23.6 Å². The van der Waals surface area contributed by atoms with Crippen molar-refractivity contribution in [3.63, 3.8) is 0 Å². The normalized spacial score (nSPS) is 11.8. The molecule has 0 saturated carbocycles. The first-order valence-electron chi connectivity index (χ1n) is 11.2. The monoisotopic (exact) mass is 469 g/mol. The van der Waals surface area contributed by atoms with Gasteiger partial charge in [-0.2, -0.15) is 0 Å². The predicted octanol–water partition coefficient (Wildman–Crippen LogP) is 4.18. The molecule has 0 atom stereocenters. The Morgan fingerprint density at radius 1 is 0.829 bits per heavy atom. The molecular weight excluding hydrogens is 446 g/mol. The number of benzene rings is 3. The number of nitrogens with zero attached hydrogens (tertiary/aromatic N) is 2. The van der Waals surface area contributed by atoms with E-state index in [0.29, 0.717) is 35.9 Å². The van der Waals surface area contributed by atoms with E-state index in [1.54, 1.807) is 23.1 Å². The van der Waals surface area contributed by atoms with E-state index in [1.165, 1.54) is 0 Å². The minimum atomic E-state index is -0.373. The van der Waals surface area contributed by atoms with Crippen LogP contribution in [-0.4, -0.2) is 28.7 Å². The summed E-state index contributed by atoms with van der Waals surface area (Å²) >= 11 is 0. The van der Waals surface area contributed by atoms with E-state index >= 15 is 0 Å². The summed E-state index contributed by atoms with van der Waals surface area (Å²) in [6.07, 6.45) is 0. The predicted molar refractivity (Wildman–Crippen MR) is 127 cm³/mol. The molecule has 5 rings (SSSR count). The molecule has 176 valence electrons. The molecule has 0 radical (unpaired) electrons. The van der Waals surface area contributed by atoms with Crippen molar-refractivity contribution in [1.82, 2.24) is 15.4 Å². The molecule has 0 saturated heterocycles. The maximum Gasteiger partial charge on any atom is 0.273 e. The van der Waals surface area contributed by atoms with Crippen LogP contribution in [0.3, 0.4) is 0 Å². The van der Waals surface area contributed by atoms with Crippen molar-refractivity contribution in [2.75, 3.05) is 6.79 Å². The van der Waals surface area contributed by atoms with Gasteiger partial charge in [0, 0.05) is 24.7 Å². The van der Waals surface area contributed by atoms with Crippen molar-refractivity contribution in [3.05, 3.63) is 113 Å². The average molecular weight is 469 g/mol. The van der Waals surface area contributed by atoms with Crippen LogP contribution in [0.2, 0.25) is 0 Å². The molecule has 4 aromatic rings. The Balaban J connectivity index is 1.26. The number of fused-ring (bicyclic) bond motifs is 1. The molecule has 3 aromatic carbocycles. The summed E-state index contributed by atoms with van der Waals surface area (Å²) in [5, 5.41) is 6.73. The van der Waals surface area contributed by atoms with Crippen molar-refractivity contribution in [1.29, 1.82) is 0 Å². The Morgan fingerprint density at radius 2 is 1.57 bits per heavy atom. The standard InChI is InChI=1S/C27H23N3O5/c31-26(28-15-20-11-12-24-25(13-20)34-18-33-24)23-14-22(35-29-23)17-30(16-19-7-3-1-4-8-19)27(32)21-9-5-2-6-10-21/h1-14H,15-18H2,(H,28,31). The summed E-state index contributed by atoms with van der Waals surface area (Å²) in [7, 11) is 0. The number of rotatable bonds is 8. The first-order valence-corrected chi connectivity index (χ1v) is 11.2. The summed E-state index contributed by atoms with van der Waals surface area (Å²) in [5.74, 6) is 1.24. The Hall–Kier alpha value is -4.59. The molecule has 0 fully saturated rings. The van der Waals surface area contributed by atoms with E-state index in [1.807, 2.05) is 66.7 Å². The summed E-state index contributed by atoms with van der Waals surface area (Å²) in [6.45, 7) is 1.05. The van der Waals surface area contributed by atoms with Gasteiger partial charge in [-0.25, -0.2) is 0 Å². The quantitative estimate of drug-likeness (QED) is 0.416. The zero-order valence-corrected chi connectivity index (χ0v) is 18.8. The fourth-order valence-electron chi connectivity index (χ4n) is 3.77. The molecule has 1 aromatic heterocycles. The molecular formula is C27H23N3O5. The largest absolute Gasteiger partial charge is 0.454 e. The number of carbonyl (C=O) groups excluding carboxylic acids is 2. The van der Waals surface area contributed by atoms with Crippen molar-refractivity contribution >= 4 is 11.8 Å². The third-order valence-electron chi connectivity index (χ3n) is 5.55. The highest BCUT2D eigenvalue weighted by molar-refractivity contribution is 5.94. The van der Waals surface area contributed by atoms with Crippen LogP contribution in [-0.2, 0) is 19.6 Å². The van der Waals surface area contributed by atoms with Crippen LogP contribution in [0.15, 0.2) is 89.5 Å². The topological polar surface area (TPSA) is 93.9 Å². The summed E-state index contributed by atoms with van der Waals surface area (Å²) in [6, 6.07) is 25.8. The highest BCUT2D eigenvalue weighted by Gasteiger charge is 2.20. The van der Waals surface area contributed by atoms with E-state index in [0.717, 1.165) is 11.1 Å². The lowest BCUT2D eigenvalue weighted by Crippen LogP contribution is -2.30. The van der Waals surface area contributed by atoms with Gasteiger partial charge in [0.15, 0.2) is 23.0 Å². The molecule has 0 bridgehead atoms. The summed E-state index contributed by atoms with van der Waals surface area (Å²) < 4.78 is 16.1. The van der Waals surface area contributed by atoms with Gasteiger partial charge < -0.3 is 24.2 Å². The minimum absolute atomic E-state index is 0.139. The second-order valence-electron chi connectivity index (χ2n) is 8.06. The molecule has 1 N–H and O–H groups in total. The van der Waals surface area contributed by atoms with Crippen molar-refractivity contribution in [2.24, 2.45) is 0 Å². The van der Waals surface area contributed by atoms with Gasteiger partial charge in [0.25, 0.3) is 11.8 Å². The maximum atomic E-state index is 13.2. The molecule has 0 spiro atoms. The van der Waals surface area contributed by atoms with Gasteiger partial charge >= 0.3 is 0 Å². The van der Waals surface area contributed by atoms with Gasteiger partial charge in [0.05, 0.1) is 6.54 Å². The molecule has 1 aliphatic heterocycles. The lowest BCUT2D eigenvalue weighted by Gasteiger charge is -2.21. The van der Waals surface area contributed by atoms with Crippen LogP contribution in [0.1, 0.15) is 37.7 Å². The molecule has 8 heteroatoms. The van der Waals surface area contributed by atoms with Crippen LogP contribution in [0.5, 0.6) is 11.5 Å². The number of carbonyl (C=O) groups is 2. The molecule has 35 heavy (non-hydrogen) atoms. The second kappa shape index (κ2) is 10.1. The van der Waals surface area contributed by atoms with Crippen molar-refractivity contribution in [2.45, 2.75) is 19.6 Å². The Bertz CT molecular complexity index is 1320. The zero-order chi connectivity index (χ0) is 24.0. The van der Waals surface area contributed by atoms with E-state index in [-0.39, 0.29) is 30.8 Å².